The molecular weight excluding hydrogens is 414 g/mol. The summed E-state index contributed by atoms with van der Waals surface area (Å²) in [6, 6.07) is 3.21. The van der Waals surface area contributed by atoms with Crippen LogP contribution in [-0.4, -0.2) is 56.7 Å². The second-order valence-electron chi connectivity index (χ2n) is 8.29. The third-order valence-corrected chi connectivity index (χ3v) is 5.18. The number of nitrogens with one attached hydrogen (secondary N) is 1. The van der Waals surface area contributed by atoms with Crippen molar-refractivity contribution < 1.29 is 33.3 Å². The summed E-state index contributed by atoms with van der Waals surface area (Å²) in [7, 11) is 3.06. The quantitative estimate of drug-likeness (QED) is 0.711. The summed E-state index contributed by atoms with van der Waals surface area (Å²) in [5.41, 5.74) is 0.998. The number of hydrogen-bond acceptors (Lipinski definition) is 7. The first-order valence-electron chi connectivity index (χ1n) is 10.6. The topological polar surface area (TPSA) is 92.3 Å². The third-order valence-electron chi connectivity index (χ3n) is 5.18. The summed E-state index contributed by atoms with van der Waals surface area (Å²) < 4.78 is 27.9. The van der Waals surface area contributed by atoms with Crippen molar-refractivity contribution in [3.05, 3.63) is 41.5 Å². The summed E-state index contributed by atoms with van der Waals surface area (Å²) in [5.74, 6) is -0.399. The predicted octanol–water partition coefficient (Wildman–Crippen LogP) is 3.25. The molecule has 3 atom stereocenters. The normalized spacial score (nSPS) is 27.5. The number of carbonyl (C=O) groups is 2. The van der Waals surface area contributed by atoms with Crippen LogP contribution in [0.3, 0.4) is 0 Å². The second kappa shape index (κ2) is 10.3. The Labute approximate surface area is 188 Å². The minimum Gasteiger partial charge on any atom is -0.497 e. The zero-order valence-electron chi connectivity index (χ0n) is 19.2. The molecule has 2 heterocycles. The molecule has 32 heavy (non-hydrogen) atoms. The number of hydrogen-bond donors (Lipinski definition) is 1. The van der Waals surface area contributed by atoms with E-state index in [4.69, 9.17) is 23.7 Å². The Morgan fingerprint density at radius 3 is 2.56 bits per heavy atom. The van der Waals surface area contributed by atoms with Crippen LogP contribution in [0.25, 0.3) is 6.08 Å². The first kappa shape index (κ1) is 24.0. The van der Waals surface area contributed by atoms with Crippen molar-refractivity contribution in [3.8, 4) is 11.5 Å². The van der Waals surface area contributed by atoms with Gasteiger partial charge in [-0.25, -0.2) is 0 Å². The molecule has 1 amide bonds. The van der Waals surface area contributed by atoms with Gasteiger partial charge in [0, 0.05) is 19.2 Å². The Kier molecular flexibility index (Phi) is 7.71. The van der Waals surface area contributed by atoms with Gasteiger partial charge in [-0.15, -0.1) is 0 Å². The monoisotopic (exact) mass is 445 g/mol. The van der Waals surface area contributed by atoms with E-state index in [2.05, 4.69) is 5.32 Å². The van der Waals surface area contributed by atoms with Crippen LogP contribution in [-0.2, 0) is 19.0 Å². The standard InChI is InChI=1S/C24H31NO7/c1-15-8-6-10-18(26)22-19(31-24(2,3)32-22)11-7-9-16-12-17(29-5)13-20(30-14-28-4)21(16)23(27)25-15/h6-7,9-10,12-13,15,19,22H,8,11,14H2,1-5H3,(H,25,27)/b9-7+,10-6-/t15-,19-,22+/m0/s1. The van der Waals surface area contributed by atoms with Crippen LogP contribution in [0.15, 0.2) is 30.4 Å². The van der Waals surface area contributed by atoms with Crippen LogP contribution in [0, 0.1) is 0 Å². The molecule has 0 bridgehead atoms. The van der Waals surface area contributed by atoms with Gasteiger partial charge in [0.25, 0.3) is 5.91 Å². The fraction of sp³-hybridized carbons (Fsp3) is 0.500. The minimum atomic E-state index is -0.853. The number of rotatable bonds is 4. The zero-order valence-corrected chi connectivity index (χ0v) is 19.2. The van der Waals surface area contributed by atoms with Gasteiger partial charge >= 0.3 is 0 Å². The fourth-order valence-electron chi connectivity index (χ4n) is 3.76. The fourth-order valence-corrected chi connectivity index (χ4v) is 3.76. The first-order chi connectivity index (χ1) is 15.2. The van der Waals surface area contributed by atoms with Crippen LogP contribution >= 0.6 is 0 Å². The van der Waals surface area contributed by atoms with E-state index in [1.54, 1.807) is 45.2 Å². The van der Waals surface area contributed by atoms with Gasteiger partial charge in [-0.3, -0.25) is 9.59 Å². The molecule has 0 aliphatic carbocycles. The van der Waals surface area contributed by atoms with Crippen LogP contribution in [0.2, 0.25) is 0 Å². The highest BCUT2D eigenvalue weighted by Crippen LogP contribution is 2.33. The largest absolute Gasteiger partial charge is 0.497 e. The molecule has 2 aliphatic heterocycles. The SMILES string of the molecule is COCOc1cc(OC)cc2c1C(=O)N[C@@H](C)C/C=C\C(=O)[C@H]1OC(C)(C)O[C@H]1C/C=C/2. The van der Waals surface area contributed by atoms with Gasteiger partial charge in [0.1, 0.15) is 17.6 Å². The number of carbonyl (C=O) groups excluding carboxylic acids is 2. The van der Waals surface area contributed by atoms with Crippen molar-refractivity contribution in [1.82, 2.24) is 5.32 Å². The van der Waals surface area contributed by atoms with Crippen molar-refractivity contribution in [2.75, 3.05) is 21.0 Å². The molecule has 1 aromatic carbocycles. The summed E-state index contributed by atoms with van der Waals surface area (Å²) in [6.45, 7) is 5.44. The average Bonchev–Trinajstić information content (AvgIpc) is 3.05. The van der Waals surface area contributed by atoms with E-state index in [9.17, 15) is 9.59 Å². The van der Waals surface area contributed by atoms with E-state index in [0.29, 0.717) is 35.5 Å². The van der Waals surface area contributed by atoms with Crippen molar-refractivity contribution in [2.24, 2.45) is 0 Å². The van der Waals surface area contributed by atoms with Crippen LogP contribution in [0.1, 0.15) is 49.5 Å². The Morgan fingerprint density at radius 1 is 1.09 bits per heavy atom. The molecule has 0 spiro atoms. The van der Waals surface area contributed by atoms with E-state index in [-0.39, 0.29) is 24.5 Å². The van der Waals surface area contributed by atoms with Crippen molar-refractivity contribution >= 4 is 17.8 Å². The minimum absolute atomic E-state index is 0.0129. The van der Waals surface area contributed by atoms with Gasteiger partial charge in [-0.1, -0.05) is 18.2 Å². The lowest BCUT2D eigenvalue weighted by Crippen LogP contribution is -2.33. The molecule has 174 valence electrons. The summed E-state index contributed by atoms with van der Waals surface area (Å²) in [5, 5.41) is 2.97. The van der Waals surface area contributed by atoms with Gasteiger partial charge in [-0.05, 0) is 51.3 Å². The molecule has 3 rings (SSSR count). The summed E-state index contributed by atoms with van der Waals surface area (Å²) in [6.07, 6.45) is 6.70. The molecule has 0 radical (unpaired) electrons. The Morgan fingerprint density at radius 2 is 1.84 bits per heavy atom. The highest BCUT2D eigenvalue weighted by Gasteiger charge is 2.43. The van der Waals surface area contributed by atoms with E-state index in [0.717, 1.165) is 0 Å². The van der Waals surface area contributed by atoms with Crippen LogP contribution < -0.4 is 14.8 Å². The number of benzene rings is 1. The number of amides is 1. The molecule has 8 nitrogen and oxygen atoms in total. The van der Waals surface area contributed by atoms with Crippen molar-refractivity contribution in [2.45, 2.75) is 57.6 Å². The van der Waals surface area contributed by atoms with E-state index >= 15 is 0 Å². The lowest BCUT2D eigenvalue weighted by molar-refractivity contribution is -0.152. The maximum atomic E-state index is 13.2. The second-order valence-corrected chi connectivity index (χ2v) is 8.29. The molecule has 1 aromatic rings. The molecule has 1 N–H and O–H groups in total. The van der Waals surface area contributed by atoms with E-state index in [1.807, 2.05) is 13.0 Å². The predicted molar refractivity (Wildman–Crippen MR) is 119 cm³/mol. The van der Waals surface area contributed by atoms with Gasteiger partial charge in [0.15, 0.2) is 18.4 Å². The molecule has 0 aromatic heterocycles. The highest BCUT2D eigenvalue weighted by atomic mass is 16.8. The van der Waals surface area contributed by atoms with Gasteiger partial charge < -0.3 is 29.0 Å². The van der Waals surface area contributed by atoms with Crippen molar-refractivity contribution in [3.63, 3.8) is 0 Å². The molecule has 0 unspecified atom stereocenters. The molecular formula is C24H31NO7. The number of methoxy groups -OCH3 is 2. The summed E-state index contributed by atoms with van der Waals surface area (Å²) in [4.78, 5) is 25.9. The molecule has 0 saturated carbocycles. The molecule has 8 heteroatoms. The molecule has 1 fully saturated rings. The van der Waals surface area contributed by atoms with Gasteiger partial charge in [0.2, 0.25) is 0 Å². The molecule has 1 saturated heterocycles. The number of ether oxygens (including phenoxy) is 5. The lowest BCUT2D eigenvalue weighted by Gasteiger charge is -2.18. The Bertz CT molecular complexity index is 906. The maximum Gasteiger partial charge on any atom is 0.255 e. The van der Waals surface area contributed by atoms with E-state index in [1.165, 1.54) is 13.2 Å². The number of fused-ring (bicyclic) bond motifs is 2. The van der Waals surface area contributed by atoms with Gasteiger partial charge in [-0.2, -0.15) is 0 Å². The third kappa shape index (κ3) is 5.76. The highest BCUT2D eigenvalue weighted by molar-refractivity contribution is 6.01. The maximum absolute atomic E-state index is 13.2. The first-order valence-corrected chi connectivity index (χ1v) is 10.6. The smallest absolute Gasteiger partial charge is 0.255 e. The Hall–Kier alpha value is -2.68. The molecule has 2 aliphatic rings. The van der Waals surface area contributed by atoms with Gasteiger partial charge in [0.05, 0.1) is 18.8 Å². The lowest BCUT2D eigenvalue weighted by atomic mass is 10.0. The average molecular weight is 446 g/mol. The van der Waals surface area contributed by atoms with Crippen molar-refractivity contribution in [1.29, 1.82) is 0 Å². The Balaban J connectivity index is 2.03. The van der Waals surface area contributed by atoms with Crippen LogP contribution in [0.5, 0.6) is 11.5 Å². The zero-order chi connectivity index (χ0) is 23.3. The van der Waals surface area contributed by atoms with E-state index < -0.39 is 18.0 Å². The number of ketones is 1. The summed E-state index contributed by atoms with van der Waals surface area (Å²) >= 11 is 0. The van der Waals surface area contributed by atoms with Crippen LogP contribution in [0.4, 0.5) is 0 Å².